The van der Waals surface area contributed by atoms with Crippen molar-refractivity contribution in [1.29, 1.82) is 0 Å². The summed E-state index contributed by atoms with van der Waals surface area (Å²) >= 11 is 0. The number of hydrogen-bond donors (Lipinski definition) is 1. The summed E-state index contributed by atoms with van der Waals surface area (Å²) in [4.78, 5) is 4.46. The molecule has 0 amide bonds. The Kier molecular flexibility index (Phi) is 3.75. The molecule has 1 N–H and O–H groups in total. The van der Waals surface area contributed by atoms with Gasteiger partial charge in [0.15, 0.2) is 0 Å². The monoisotopic (exact) mass is 310 g/mol. The third-order valence-electron chi connectivity index (χ3n) is 4.00. The summed E-state index contributed by atoms with van der Waals surface area (Å²) < 4.78 is 1.83. The molecule has 0 bridgehead atoms. The van der Waals surface area contributed by atoms with Gasteiger partial charge in [-0.1, -0.05) is 32.1 Å². The Bertz CT molecular complexity index is 808. The zero-order valence-corrected chi connectivity index (χ0v) is 14.2. The molecule has 0 saturated heterocycles. The van der Waals surface area contributed by atoms with Gasteiger partial charge in [-0.25, -0.2) is 4.68 Å². The lowest BCUT2D eigenvalue weighted by Crippen LogP contribution is -2.11. The van der Waals surface area contributed by atoms with E-state index in [-0.39, 0.29) is 11.5 Å². The van der Waals surface area contributed by atoms with Crippen LogP contribution in [-0.2, 0) is 5.41 Å². The van der Waals surface area contributed by atoms with E-state index in [1.165, 1.54) is 0 Å². The van der Waals surface area contributed by atoms with E-state index < -0.39 is 0 Å². The second kappa shape index (κ2) is 5.61. The van der Waals surface area contributed by atoms with Crippen LogP contribution in [0.3, 0.4) is 0 Å². The lowest BCUT2D eigenvalue weighted by atomic mass is 9.92. The van der Waals surface area contributed by atoms with Gasteiger partial charge in [0.25, 0.3) is 0 Å². The second-order valence-electron chi connectivity index (χ2n) is 6.88. The number of aromatic amines is 1. The van der Waals surface area contributed by atoms with Gasteiger partial charge < -0.3 is 0 Å². The summed E-state index contributed by atoms with van der Waals surface area (Å²) in [6, 6.07) is 6.06. The summed E-state index contributed by atoms with van der Waals surface area (Å²) in [5.74, 6) is 0. The number of nitrogens with one attached hydrogen (secondary N) is 1. The summed E-state index contributed by atoms with van der Waals surface area (Å²) in [5, 5.41) is 16.0. The number of rotatable bonds is 3. The number of nitrogens with zero attached hydrogens (tertiary/aromatic N) is 5. The summed E-state index contributed by atoms with van der Waals surface area (Å²) in [5.41, 5.74) is 4.83. The van der Waals surface area contributed by atoms with Crippen molar-refractivity contribution >= 4 is 0 Å². The van der Waals surface area contributed by atoms with Crippen LogP contribution in [0.5, 0.6) is 0 Å². The molecule has 0 radical (unpaired) electrons. The highest BCUT2D eigenvalue weighted by molar-refractivity contribution is 5.53. The van der Waals surface area contributed by atoms with Crippen molar-refractivity contribution in [2.75, 3.05) is 0 Å². The molecule has 6 nitrogen and oxygen atoms in total. The van der Waals surface area contributed by atoms with E-state index in [9.17, 15) is 0 Å². The van der Waals surface area contributed by atoms with Crippen LogP contribution in [0.15, 0.2) is 30.6 Å². The maximum absolute atomic E-state index is 4.46. The molecule has 23 heavy (non-hydrogen) atoms. The SMILES string of the molecule is Cc1cccnc1C(C)n1cc(-c2cc(C(C)(C)C)[nH]n2)nn1. The Morgan fingerprint density at radius 2 is 2.00 bits per heavy atom. The highest BCUT2D eigenvalue weighted by atomic mass is 15.4. The Morgan fingerprint density at radius 3 is 2.65 bits per heavy atom. The van der Waals surface area contributed by atoms with Crippen molar-refractivity contribution in [3.05, 3.63) is 47.5 Å². The van der Waals surface area contributed by atoms with Gasteiger partial charge in [-0.05, 0) is 31.5 Å². The molecular weight excluding hydrogens is 288 g/mol. The molecule has 1 unspecified atom stereocenters. The molecule has 6 heteroatoms. The van der Waals surface area contributed by atoms with E-state index in [1.807, 2.05) is 23.0 Å². The van der Waals surface area contributed by atoms with Gasteiger partial charge in [-0.2, -0.15) is 5.10 Å². The predicted molar refractivity (Wildman–Crippen MR) is 89.1 cm³/mol. The van der Waals surface area contributed by atoms with E-state index in [0.29, 0.717) is 0 Å². The van der Waals surface area contributed by atoms with Crippen molar-refractivity contribution in [2.24, 2.45) is 0 Å². The van der Waals surface area contributed by atoms with E-state index in [2.05, 4.69) is 66.2 Å². The maximum Gasteiger partial charge on any atom is 0.133 e. The lowest BCUT2D eigenvalue weighted by Gasteiger charge is -2.14. The van der Waals surface area contributed by atoms with E-state index in [4.69, 9.17) is 0 Å². The van der Waals surface area contributed by atoms with Crippen molar-refractivity contribution in [3.63, 3.8) is 0 Å². The summed E-state index contributed by atoms with van der Waals surface area (Å²) in [7, 11) is 0. The van der Waals surface area contributed by atoms with Crippen LogP contribution in [-0.4, -0.2) is 30.2 Å². The summed E-state index contributed by atoms with van der Waals surface area (Å²) in [6.45, 7) is 10.6. The molecule has 0 aliphatic rings. The van der Waals surface area contributed by atoms with E-state index >= 15 is 0 Å². The van der Waals surface area contributed by atoms with Crippen LogP contribution in [0.1, 0.15) is 50.7 Å². The van der Waals surface area contributed by atoms with Gasteiger partial charge in [-0.3, -0.25) is 10.1 Å². The quantitative estimate of drug-likeness (QED) is 0.806. The average molecular weight is 310 g/mol. The Hall–Kier alpha value is -2.50. The Morgan fingerprint density at radius 1 is 1.22 bits per heavy atom. The molecule has 120 valence electrons. The Labute approximate surface area is 136 Å². The lowest BCUT2D eigenvalue weighted by molar-refractivity contribution is 0.529. The first-order valence-corrected chi connectivity index (χ1v) is 7.76. The molecular formula is C17H22N6. The van der Waals surface area contributed by atoms with Crippen LogP contribution in [0.2, 0.25) is 0 Å². The molecule has 3 rings (SSSR count). The topological polar surface area (TPSA) is 72.3 Å². The van der Waals surface area contributed by atoms with Gasteiger partial charge >= 0.3 is 0 Å². The zero-order valence-electron chi connectivity index (χ0n) is 14.2. The number of aryl methyl sites for hydroxylation is 1. The second-order valence-corrected chi connectivity index (χ2v) is 6.88. The smallest absolute Gasteiger partial charge is 0.133 e. The highest BCUT2D eigenvalue weighted by Crippen LogP contribution is 2.25. The molecule has 3 aromatic rings. The van der Waals surface area contributed by atoms with Crippen molar-refractivity contribution in [3.8, 4) is 11.4 Å². The number of aromatic nitrogens is 6. The standard InChI is InChI=1S/C17H22N6/c1-11-7-6-8-18-16(11)12(2)23-10-14(20-22-23)13-9-15(21-19-13)17(3,4)5/h6-10,12H,1-5H3,(H,19,21). The molecule has 0 spiro atoms. The number of pyridine rings is 1. The van der Waals surface area contributed by atoms with Crippen LogP contribution >= 0.6 is 0 Å². The summed E-state index contributed by atoms with van der Waals surface area (Å²) in [6.07, 6.45) is 3.72. The molecule has 3 heterocycles. The van der Waals surface area contributed by atoms with Crippen LogP contribution in [0.25, 0.3) is 11.4 Å². The van der Waals surface area contributed by atoms with Gasteiger partial charge in [0.05, 0.1) is 17.9 Å². The predicted octanol–water partition coefficient (Wildman–Crippen LogP) is 3.28. The van der Waals surface area contributed by atoms with Crippen molar-refractivity contribution in [2.45, 2.75) is 46.1 Å². The van der Waals surface area contributed by atoms with Crippen LogP contribution < -0.4 is 0 Å². The van der Waals surface area contributed by atoms with Crippen molar-refractivity contribution in [1.82, 2.24) is 30.2 Å². The highest BCUT2D eigenvalue weighted by Gasteiger charge is 2.19. The van der Waals surface area contributed by atoms with Gasteiger partial charge in [0, 0.05) is 17.3 Å². The van der Waals surface area contributed by atoms with E-state index in [0.717, 1.165) is 28.3 Å². The fraction of sp³-hybridized carbons (Fsp3) is 0.412. The van der Waals surface area contributed by atoms with Gasteiger partial charge in [0.1, 0.15) is 11.4 Å². The van der Waals surface area contributed by atoms with Crippen LogP contribution in [0, 0.1) is 6.92 Å². The molecule has 1 atom stereocenters. The molecule has 3 aromatic heterocycles. The first-order valence-electron chi connectivity index (χ1n) is 7.76. The molecule has 0 aliphatic carbocycles. The minimum absolute atomic E-state index is 0.0264. The fourth-order valence-corrected chi connectivity index (χ4v) is 2.48. The maximum atomic E-state index is 4.46. The first-order chi connectivity index (χ1) is 10.9. The third kappa shape index (κ3) is 3.02. The normalized spacial score (nSPS) is 13.3. The van der Waals surface area contributed by atoms with E-state index in [1.54, 1.807) is 6.20 Å². The number of H-pyrrole nitrogens is 1. The fourth-order valence-electron chi connectivity index (χ4n) is 2.48. The number of hydrogen-bond acceptors (Lipinski definition) is 4. The minimum Gasteiger partial charge on any atom is -0.281 e. The minimum atomic E-state index is 0.0264. The molecule has 0 saturated carbocycles. The van der Waals surface area contributed by atoms with Crippen LogP contribution in [0.4, 0.5) is 0 Å². The average Bonchev–Trinajstić information content (AvgIpc) is 3.15. The van der Waals surface area contributed by atoms with Gasteiger partial charge in [-0.15, -0.1) is 5.10 Å². The molecule has 0 fully saturated rings. The third-order valence-corrected chi connectivity index (χ3v) is 4.00. The molecule has 0 aromatic carbocycles. The first kappa shape index (κ1) is 15.4. The zero-order chi connectivity index (χ0) is 16.6. The largest absolute Gasteiger partial charge is 0.281 e. The Balaban J connectivity index is 1.89. The van der Waals surface area contributed by atoms with Gasteiger partial charge in [0.2, 0.25) is 0 Å². The molecule has 0 aliphatic heterocycles. The van der Waals surface area contributed by atoms with Crippen molar-refractivity contribution < 1.29 is 0 Å².